The smallest absolute Gasteiger partial charge is 0.00591 e. The van der Waals surface area contributed by atoms with E-state index in [4.69, 9.17) is 0 Å². The Morgan fingerprint density at radius 3 is 2.67 bits per heavy atom. The number of rotatable bonds is 0. The molecule has 15 heavy (non-hydrogen) atoms. The third kappa shape index (κ3) is 1.95. The van der Waals surface area contributed by atoms with Gasteiger partial charge in [-0.25, -0.2) is 0 Å². The van der Waals surface area contributed by atoms with Crippen LogP contribution in [0.2, 0.25) is 0 Å². The molecule has 0 aromatic rings. The van der Waals surface area contributed by atoms with Gasteiger partial charge in [-0.2, -0.15) is 0 Å². The van der Waals surface area contributed by atoms with Crippen LogP contribution in [0, 0.1) is 5.92 Å². The van der Waals surface area contributed by atoms with Gasteiger partial charge in [0, 0.05) is 0 Å². The second-order valence-electron chi connectivity index (χ2n) is 5.33. The lowest BCUT2D eigenvalue weighted by atomic mass is 9.94. The summed E-state index contributed by atoms with van der Waals surface area (Å²) in [5, 5.41) is 0. The lowest BCUT2D eigenvalue weighted by molar-refractivity contribution is 0.615. The molecule has 2 rings (SSSR count). The van der Waals surface area contributed by atoms with E-state index in [9.17, 15) is 0 Å². The summed E-state index contributed by atoms with van der Waals surface area (Å²) in [6.07, 6.45) is 7.53. The third-order valence-electron chi connectivity index (χ3n) is 4.01. The van der Waals surface area contributed by atoms with Crippen LogP contribution < -0.4 is 0 Å². The highest BCUT2D eigenvalue weighted by molar-refractivity contribution is 5.47. The maximum atomic E-state index is 2.44. The first-order chi connectivity index (χ1) is 7.09. The highest BCUT2D eigenvalue weighted by atomic mass is 14.3. The van der Waals surface area contributed by atoms with Crippen LogP contribution in [0.15, 0.2) is 33.9 Å². The number of allylic oxidation sites excluding steroid dienone is 6. The molecule has 0 fully saturated rings. The molecule has 0 spiro atoms. The van der Waals surface area contributed by atoms with Gasteiger partial charge >= 0.3 is 0 Å². The van der Waals surface area contributed by atoms with E-state index in [2.05, 4.69) is 33.8 Å². The van der Waals surface area contributed by atoms with Crippen molar-refractivity contribution < 1.29 is 0 Å². The van der Waals surface area contributed by atoms with Crippen molar-refractivity contribution in [1.29, 1.82) is 0 Å². The van der Waals surface area contributed by atoms with Crippen molar-refractivity contribution in [3.63, 3.8) is 0 Å². The minimum Gasteiger partial charge on any atom is -0.0813 e. The van der Waals surface area contributed by atoms with Gasteiger partial charge in [-0.15, -0.1) is 0 Å². The van der Waals surface area contributed by atoms with E-state index >= 15 is 0 Å². The Morgan fingerprint density at radius 2 is 2.00 bits per heavy atom. The summed E-state index contributed by atoms with van der Waals surface area (Å²) in [5.74, 6) is 0.797. The average Bonchev–Trinajstić information content (AvgIpc) is 2.57. The zero-order valence-corrected chi connectivity index (χ0v) is 10.5. The molecular weight excluding hydrogens is 180 g/mol. The molecule has 1 atom stereocenters. The molecule has 0 saturated heterocycles. The molecule has 0 unspecified atom stereocenters. The Kier molecular flexibility index (Phi) is 2.86. The van der Waals surface area contributed by atoms with E-state index in [0.717, 1.165) is 5.92 Å². The van der Waals surface area contributed by atoms with Crippen molar-refractivity contribution >= 4 is 0 Å². The fraction of sp³-hybridized carbons (Fsp3) is 0.600. The molecule has 0 aromatic heterocycles. The van der Waals surface area contributed by atoms with Gasteiger partial charge < -0.3 is 0 Å². The minimum absolute atomic E-state index is 0.797. The van der Waals surface area contributed by atoms with Gasteiger partial charge in [-0.1, -0.05) is 35.3 Å². The Morgan fingerprint density at radius 1 is 1.27 bits per heavy atom. The van der Waals surface area contributed by atoms with Crippen LogP contribution in [0.1, 0.15) is 53.4 Å². The summed E-state index contributed by atoms with van der Waals surface area (Å²) in [4.78, 5) is 0. The molecule has 82 valence electrons. The Balaban J connectivity index is 2.36. The summed E-state index contributed by atoms with van der Waals surface area (Å²) in [6.45, 7) is 9.20. The summed E-state index contributed by atoms with van der Waals surface area (Å²) in [6, 6.07) is 0. The first-order valence-electron chi connectivity index (χ1n) is 6.14. The number of hydrogen-bond acceptors (Lipinski definition) is 0. The summed E-state index contributed by atoms with van der Waals surface area (Å²) >= 11 is 0. The van der Waals surface area contributed by atoms with E-state index in [0.29, 0.717) is 0 Å². The fourth-order valence-electron chi connectivity index (χ4n) is 2.79. The average molecular weight is 202 g/mol. The Hall–Kier alpha value is -0.780. The lowest BCUT2D eigenvalue weighted by Crippen LogP contribution is -1.97. The van der Waals surface area contributed by atoms with Crippen LogP contribution >= 0.6 is 0 Å². The topological polar surface area (TPSA) is 0 Å². The summed E-state index contributed by atoms with van der Waals surface area (Å²) < 4.78 is 0. The SMILES string of the molecule is CC1=CCC[C@H](C)C2=C1CC(=C(C)C)C2. The molecular formula is C15H22. The van der Waals surface area contributed by atoms with Gasteiger partial charge in [-0.3, -0.25) is 0 Å². The number of hydrogen-bond donors (Lipinski definition) is 0. The molecule has 2 aliphatic rings. The molecule has 2 aliphatic carbocycles. The lowest BCUT2D eigenvalue weighted by Gasteiger charge is -2.11. The summed E-state index contributed by atoms with van der Waals surface area (Å²) in [5.41, 5.74) is 8.14. The van der Waals surface area contributed by atoms with Gasteiger partial charge in [0.1, 0.15) is 0 Å². The Bertz CT molecular complexity index is 359. The van der Waals surface area contributed by atoms with Gasteiger partial charge in [0.05, 0.1) is 0 Å². The summed E-state index contributed by atoms with van der Waals surface area (Å²) in [7, 11) is 0. The van der Waals surface area contributed by atoms with Gasteiger partial charge in [0.2, 0.25) is 0 Å². The van der Waals surface area contributed by atoms with E-state index in [-0.39, 0.29) is 0 Å². The third-order valence-corrected chi connectivity index (χ3v) is 4.01. The highest BCUT2D eigenvalue weighted by Crippen LogP contribution is 2.43. The predicted molar refractivity (Wildman–Crippen MR) is 66.8 cm³/mol. The zero-order valence-electron chi connectivity index (χ0n) is 10.5. The van der Waals surface area contributed by atoms with Crippen LogP contribution in [0.3, 0.4) is 0 Å². The fourth-order valence-corrected chi connectivity index (χ4v) is 2.79. The van der Waals surface area contributed by atoms with Crippen molar-refractivity contribution in [2.24, 2.45) is 5.92 Å². The van der Waals surface area contributed by atoms with Crippen molar-refractivity contribution in [2.75, 3.05) is 0 Å². The molecule has 0 nitrogen and oxygen atoms in total. The first kappa shape index (κ1) is 10.7. The molecule has 0 aromatic carbocycles. The maximum Gasteiger partial charge on any atom is -0.00591 e. The second-order valence-corrected chi connectivity index (χ2v) is 5.33. The largest absolute Gasteiger partial charge is 0.0813 e. The second kappa shape index (κ2) is 4.00. The molecule has 0 radical (unpaired) electrons. The van der Waals surface area contributed by atoms with Crippen LogP contribution in [0.5, 0.6) is 0 Å². The van der Waals surface area contributed by atoms with E-state index in [1.165, 1.54) is 31.3 Å². The van der Waals surface area contributed by atoms with Crippen LogP contribution in [-0.4, -0.2) is 0 Å². The standard InChI is InChI=1S/C15H22/c1-10(2)13-8-14-11(3)6-5-7-12(4)15(14)9-13/h6,12H,5,7-9H2,1-4H3/t12-/m0/s1. The highest BCUT2D eigenvalue weighted by Gasteiger charge is 2.25. The minimum atomic E-state index is 0.797. The van der Waals surface area contributed by atoms with Gasteiger partial charge in [0.15, 0.2) is 0 Å². The van der Waals surface area contributed by atoms with Gasteiger partial charge in [0.25, 0.3) is 0 Å². The molecule has 0 N–H and O–H groups in total. The molecule has 0 heterocycles. The van der Waals surface area contributed by atoms with Gasteiger partial charge in [-0.05, 0) is 57.9 Å². The van der Waals surface area contributed by atoms with Crippen LogP contribution in [0.25, 0.3) is 0 Å². The predicted octanol–water partition coefficient (Wildman–Crippen LogP) is 4.79. The normalized spacial score (nSPS) is 26.3. The zero-order chi connectivity index (χ0) is 11.0. The first-order valence-corrected chi connectivity index (χ1v) is 6.14. The van der Waals surface area contributed by atoms with Crippen LogP contribution in [0.4, 0.5) is 0 Å². The van der Waals surface area contributed by atoms with Crippen molar-refractivity contribution in [1.82, 2.24) is 0 Å². The molecule has 0 amide bonds. The van der Waals surface area contributed by atoms with Crippen molar-refractivity contribution in [2.45, 2.75) is 53.4 Å². The van der Waals surface area contributed by atoms with Crippen LogP contribution in [-0.2, 0) is 0 Å². The van der Waals surface area contributed by atoms with E-state index in [1.54, 1.807) is 22.3 Å². The Labute approximate surface area is 93.8 Å². The molecule has 0 heteroatoms. The monoisotopic (exact) mass is 202 g/mol. The van der Waals surface area contributed by atoms with Crippen molar-refractivity contribution in [3.05, 3.63) is 33.9 Å². The van der Waals surface area contributed by atoms with Crippen molar-refractivity contribution in [3.8, 4) is 0 Å². The van der Waals surface area contributed by atoms with E-state index < -0.39 is 0 Å². The maximum absolute atomic E-state index is 2.44. The molecule has 0 bridgehead atoms. The molecule has 0 aliphatic heterocycles. The van der Waals surface area contributed by atoms with E-state index in [1.807, 2.05) is 0 Å². The quantitative estimate of drug-likeness (QED) is 0.495. The molecule has 0 saturated carbocycles.